The third-order valence-electron chi connectivity index (χ3n) is 4.01. The molecular formula is C16H24FN3O2. The molecule has 122 valence electrons. The van der Waals surface area contributed by atoms with Crippen LogP contribution in [0.25, 0.3) is 0 Å². The van der Waals surface area contributed by atoms with E-state index in [1.54, 1.807) is 6.07 Å². The van der Waals surface area contributed by atoms with Crippen LogP contribution in [0.3, 0.4) is 0 Å². The molecule has 6 heteroatoms. The van der Waals surface area contributed by atoms with Gasteiger partial charge in [-0.05, 0) is 31.7 Å². The Kier molecular flexibility index (Phi) is 5.74. The first-order valence-corrected chi connectivity index (χ1v) is 7.61. The number of piperazine rings is 1. The Morgan fingerprint density at radius 2 is 2.05 bits per heavy atom. The van der Waals surface area contributed by atoms with E-state index in [0.29, 0.717) is 12.1 Å². The van der Waals surface area contributed by atoms with E-state index in [2.05, 4.69) is 22.2 Å². The zero-order chi connectivity index (χ0) is 16.1. The van der Waals surface area contributed by atoms with Crippen LogP contribution in [0.5, 0.6) is 0 Å². The van der Waals surface area contributed by atoms with Crippen molar-refractivity contribution in [3.8, 4) is 0 Å². The van der Waals surface area contributed by atoms with Crippen LogP contribution in [0.15, 0.2) is 18.2 Å². The third-order valence-corrected chi connectivity index (χ3v) is 4.01. The third kappa shape index (κ3) is 3.96. The number of halogens is 1. The Balaban J connectivity index is 2.19. The molecule has 1 aromatic carbocycles. The molecular weight excluding hydrogens is 285 g/mol. The number of nitrogens with zero attached hydrogens (tertiary/aromatic N) is 2. The number of ether oxygens (including phenoxy) is 1. The number of hydrogen-bond acceptors (Lipinski definition) is 4. The van der Waals surface area contributed by atoms with E-state index in [-0.39, 0.29) is 11.7 Å². The minimum absolute atomic E-state index is 0.244. The van der Waals surface area contributed by atoms with Crippen LogP contribution >= 0.6 is 0 Å². The molecule has 2 rings (SSSR count). The van der Waals surface area contributed by atoms with Gasteiger partial charge in [0.25, 0.3) is 5.91 Å². The number of carbonyl (C=O) groups is 1. The lowest BCUT2D eigenvalue weighted by Gasteiger charge is -2.35. The fourth-order valence-electron chi connectivity index (χ4n) is 2.60. The van der Waals surface area contributed by atoms with E-state index >= 15 is 0 Å². The van der Waals surface area contributed by atoms with Crippen molar-refractivity contribution >= 4 is 17.3 Å². The smallest absolute Gasteiger partial charge is 0.253 e. The van der Waals surface area contributed by atoms with E-state index in [9.17, 15) is 9.18 Å². The predicted octanol–water partition coefficient (Wildman–Crippen LogP) is 1.94. The number of methoxy groups -OCH3 is 1. The van der Waals surface area contributed by atoms with Crippen LogP contribution in [-0.2, 0) is 9.53 Å². The summed E-state index contributed by atoms with van der Waals surface area (Å²) >= 11 is 0. The van der Waals surface area contributed by atoms with Gasteiger partial charge in [-0.1, -0.05) is 6.92 Å². The van der Waals surface area contributed by atoms with Crippen LogP contribution < -0.4 is 10.2 Å². The van der Waals surface area contributed by atoms with Gasteiger partial charge in [0.2, 0.25) is 0 Å². The number of amides is 1. The summed E-state index contributed by atoms with van der Waals surface area (Å²) in [6, 6.07) is 4.52. The lowest BCUT2D eigenvalue weighted by molar-refractivity contribution is -0.125. The minimum Gasteiger partial charge on any atom is -0.372 e. The molecule has 1 fully saturated rings. The average Bonchev–Trinajstić information content (AvgIpc) is 2.50. The zero-order valence-electron chi connectivity index (χ0n) is 13.4. The molecule has 1 aliphatic rings. The first-order chi connectivity index (χ1) is 10.5. The highest BCUT2D eigenvalue weighted by Crippen LogP contribution is 2.28. The summed E-state index contributed by atoms with van der Waals surface area (Å²) in [5.74, 6) is -0.607. The highest BCUT2D eigenvalue weighted by atomic mass is 19.1. The Morgan fingerprint density at radius 3 is 2.64 bits per heavy atom. The topological polar surface area (TPSA) is 44.8 Å². The summed E-state index contributed by atoms with van der Waals surface area (Å²) in [4.78, 5) is 16.6. The summed E-state index contributed by atoms with van der Waals surface area (Å²) in [7, 11) is 3.58. The van der Waals surface area contributed by atoms with Gasteiger partial charge >= 0.3 is 0 Å². The van der Waals surface area contributed by atoms with E-state index in [1.165, 1.54) is 19.2 Å². The van der Waals surface area contributed by atoms with Crippen LogP contribution in [-0.4, -0.2) is 57.2 Å². The predicted molar refractivity (Wildman–Crippen MR) is 85.8 cm³/mol. The molecule has 1 saturated heterocycles. The van der Waals surface area contributed by atoms with Gasteiger partial charge in [0.1, 0.15) is 11.9 Å². The molecule has 1 aliphatic heterocycles. The van der Waals surface area contributed by atoms with Crippen molar-refractivity contribution in [3.05, 3.63) is 24.0 Å². The van der Waals surface area contributed by atoms with Gasteiger partial charge in [0, 0.05) is 33.3 Å². The highest BCUT2D eigenvalue weighted by molar-refractivity contribution is 5.97. The van der Waals surface area contributed by atoms with Gasteiger partial charge in [0.05, 0.1) is 11.4 Å². The van der Waals surface area contributed by atoms with Crippen molar-refractivity contribution in [3.63, 3.8) is 0 Å². The van der Waals surface area contributed by atoms with Crippen LogP contribution in [0, 0.1) is 5.82 Å². The first-order valence-electron chi connectivity index (χ1n) is 7.61. The lowest BCUT2D eigenvalue weighted by atomic mass is 10.2. The van der Waals surface area contributed by atoms with Gasteiger partial charge < -0.3 is 19.9 Å². The fourth-order valence-corrected chi connectivity index (χ4v) is 2.60. The molecule has 1 aromatic rings. The number of likely N-dealkylation sites (N-methyl/N-ethyl adjacent to an activating group) is 1. The Labute approximate surface area is 131 Å². The summed E-state index contributed by atoms with van der Waals surface area (Å²) in [5, 5.41) is 2.80. The second kappa shape index (κ2) is 7.56. The van der Waals surface area contributed by atoms with Gasteiger partial charge in [0.15, 0.2) is 0 Å². The quantitative estimate of drug-likeness (QED) is 0.903. The number of carbonyl (C=O) groups excluding carboxylic acids is 1. The van der Waals surface area contributed by atoms with Gasteiger partial charge in [-0.2, -0.15) is 0 Å². The van der Waals surface area contributed by atoms with Crippen molar-refractivity contribution in [1.82, 2.24) is 4.90 Å². The van der Waals surface area contributed by atoms with Crippen molar-refractivity contribution in [2.75, 3.05) is 50.6 Å². The summed E-state index contributed by atoms with van der Waals surface area (Å²) in [6.07, 6.45) is 0.0465. The minimum atomic E-state index is -0.524. The first kappa shape index (κ1) is 16.7. The monoisotopic (exact) mass is 309 g/mol. The summed E-state index contributed by atoms with van der Waals surface area (Å²) in [6.45, 7) is 5.47. The molecule has 0 radical (unpaired) electrons. The largest absolute Gasteiger partial charge is 0.372 e. The maximum Gasteiger partial charge on any atom is 0.253 e. The normalized spacial score (nSPS) is 17.4. The van der Waals surface area contributed by atoms with E-state index < -0.39 is 6.10 Å². The lowest BCUT2D eigenvalue weighted by Crippen LogP contribution is -2.44. The van der Waals surface area contributed by atoms with E-state index in [4.69, 9.17) is 4.74 Å². The van der Waals surface area contributed by atoms with Crippen molar-refractivity contribution in [2.45, 2.75) is 19.4 Å². The summed E-state index contributed by atoms with van der Waals surface area (Å²) in [5.41, 5.74) is 1.36. The van der Waals surface area contributed by atoms with Crippen LogP contribution in [0.2, 0.25) is 0 Å². The number of hydrogen-bond donors (Lipinski definition) is 1. The molecule has 0 bridgehead atoms. The van der Waals surface area contributed by atoms with E-state index in [1.807, 2.05) is 6.92 Å². The Morgan fingerprint density at radius 1 is 1.36 bits per heavy atom. The molecule has 1 atom stereocenters. The Hall–Kier alpha value is -1.66. The molecule has 1 unspecified atom stereocenters. The molecule has 0 saturated carbocycles. The molecule has 0 aliphatic carbocycles. The van der Waals surface area contributed by atoms with Crippen molar-refractivity contribution in [1.29, 1.82) is 0 Å². The van der Waals surface area contributed by atoms with Crippen molar-refractivity contribution < 1.29 is 13.9 Å². The van der Waals surface area contributed by atoms with Gasteiger partial charge in [-0.25, -0.2) is 4.39 Å². The SMILES string of the molecule is CCC(OC)C(=O)Nc1cc(F)ccc1N1CCN(C)CC1. The van der Waals surface area contributed by atoms with E-state index in [0.717, 1.165) is 31.9 Å². The number of nitrogens with one attached hydrogen (secondary N) is 1. The number of benzene rings is 1. The molecule has 1 heterocycles. The standard InChI is InChI=1S/C16H24FN3O2/c1-4-15(22-3)16(21)18-13-11-12(17)5-6-14(13)20-9-7-19(2)8-10-20/h5-6,11,15H,4,7-10H2,1-3H3,(H,18,21). The number of anilines is 2. The molecule has 0 aromatic heterocycles. The Bertz CT molecular complexity index is 512. The average molecular weight is 309 g/mol. The van der Waals surface area contributed by atoms with Gasteiger partial charge in [-0.3, -0.25) is 4.79 Å². The molecule has 1 N–H and O–H groups in total. The summed E-state index contributed by atoms with van der Waals surface area (Å²) < 4.78 is 18.7. The maximum absolute atomic E-state index is 13.6. The second-order valence-electron chi connectivity index (χ2n) is 5.57. The zero-order valence-corrected chi connectivity index (χ0v) is 13.4. The molecule has 5 nitrogen and oxygen atoms in total. The van der Waals surface area contributed by atoms with Gasteiger partial charge in [-0.15, -0.1) is 0 Å². The van der Waals surface area contributed by atoms with Crippen molar-refractivity contribution in [2.24, 2.45) is 0 Å². The number of rotatable bonds is 5. The fraction of sp³-hybridized carbons (Fsp3) is 0.562. The van der Waals surface area contributed by atoms with Crippen LogP contribution in [0.1, 0.15) is 13.3 Å². The molecule has 1 amide bonds. The molecule has 22 heavy (non-hydrogen) atoms. The highest BCUT2D eigenvalue weighted by Gasteiger charge is 2.21. The van der Waals surface area contributed by atoms with Crippen LogP contribution in [0.4, 0.5) is 15.8 Å². The molecule has 0 spiro atoms. The second-order valence-corrected chi connectivity index (χ2v) is 5.57. The maximum atomic E-state index is 13.6.